The second-order valence-electron chi connectivity index (χ2n) is 5.19. The van der Waals surface area contributed by atoms with Gasteiger partial charge < -0.3 is 14.8 Å². The number of methoxy groups -OCH3 is 1. The van der Waals surface area contributed by atoms with Gasteiger partial charge in [-0.2, -0.15) is 0 Å². The van der Waals surface area contributed by atoms with Crippen molar-refractivity contribution in [2.24, 2.45) is 5.92 Å². The van der Waals surface area contributed by atoms with Gasteiger partial charge in [-0.3, -0.25) is 4.79 Å². The van der Waals surface area contributed by atoms with Crippen LogP contribution in [-0.4, -0.2) is 32.3 Å². The van der Waals surface area contributed by atoms with Crippen molar-refractivity contribution in [3.8, 4) is 5.75 Å². The van der Waals surface area contributed by atoms with Crippen LogP contribution in [0.3, 0.4) is 0 Å². The fourth-order valence-electron chi connectivity index (χ4n) is 2.95. The summed E-state index contributed by atoms with van der Waals surface area (Å²) in [4.78, 5) is 12.2. The van der Waals surface area contributed by atoms with Crippen LogP contribution in [0.1, 0.15) is 31.7 Å². The average Bonchev–Trinajstić information content (AvgIpc) is 2.47. The first-order valence-electron chi connectivity index (χ1n) is 7.21. The molecule has 1 heterocycles. The first-order chi connectivity index (χ1) is 9.67. The second kappa shape index (κ2) is 6.75. The minimum atomic E-state index is -0.128. The molecule has 0 aromatic heterocycles. The summed E-state index contributed by atoms with van der Waals surface area (Å²) in [6.45, 7) is 5.25. The smallest absolute Gasteiger partial charge is 0.311 e. The van der Waals surface area contributed by atoms with E-state index in [1.165, 1.54) is 5.56 Å². The van der Waals surface area contributed by atoms with Crippen LogP contribution in [0.15, 0.2) is 24.3 Å². The Kier molecular flexibility index (Phi) is 5.01. The molecule has 0 amide bonds. The van der Waals surface area contributed by atoms with Crippen LogP contribution in [-0.2, 0) is 9.53 Å². The van der Waals surface area contributed by atoms with Crippen molar-refractivity contribution >= 4 is 5.97 Å². The molecule has 110 valence electrons. The summed E-state index contributed by atoms with van der Waals surface area (Å²) in [6, 6.07) is 8.13. The van der Waals surface area contributed by atoms with E-state index in [-0.39, 0.29) is 23.8 Å². The molecule has 1 aromatic carbocycles. The SMILES string of the molecule is CCOC(=O)[C@H]1[C@@H](C)NCC[C@H]1c1ccc(OC)cc1. The molecule has 20 heavy (non-hydrogen) atoms. The Hall–Kier alpha value is -1.55. The van der Waals surface area contributed by atoms with Crippen LogP contribution in [0.25, 0.3) is 0 Å². The number of ether oxygens (including phenoxy) is 2. The summed E-state index contributed by atoms with van der Waals surface area (Å²) >= 11 is 0. The summed E-state index contributed by atoms with van der Waals surface area (Å²) in [6.07, 6.45) is 0.945. The summed E-state index contributed by atoms with van der Waals surface area (Å²) < 4.78 is 10.4. The molecule has 1 aromatic rings. The van der Waals surface area contributed by atoms with Gasteiger partial charge in [-0.1, -0.05) is 12.1 Å². The molecule has 1 aliphatic heterocycles. The highest BCUT2D eigenvalue weighted by Crippen LogP contribution is 2.34. The maximum Gasteiger partial charge on any atom is 0.311 e. The highest BCUT2D eigenvalue weighted by molar-refractivity contribution is 5.75. The molecule has 2 rings (SSSR count). The lowest BCUT2D eigenvalue weighted by Crippen LogP contribution is -2.47. The van der Waals surface area contributed by atoms with Crippen LogP contribution in [0.5, 0.6) is 5.75 Å². The van der Waals surface area contributed by atoms with E-state index in [9.17, 15) is 4.79 Å². The van der Waals surface area contributed by atoms with Gasteiger partial charge in [0, 0.05) is 6.04 Å². The Balaban J connectivity index is 2.22. The van der Waals surface area contributed by atoms with E-state index in [2.05, 4.69) is 12.2 Å². The number of hydrogen-bond donors (Lipinski definition) is 1. The van der Waals surface area contributed by atoms with Crippen molar-refractivity contribution in [1.82, 2.24) is 5.32 Å². The molecule has 0 aliphatic carbocycles. The molecule has 0 bridgehead atoms. The predicted molar refractivity (Wildman–Crippen MR) is 77.9 cm³/mol. The van der Waals surface area contributed by atoms with E-state index < -0.39 is 0 Å². The first kappa shape index (κ1) is 14.9. The van der Waals surface area contributed by atoms with Gasteiger partial charge in [-0.15, -0.1) is 0 Å². The summed E-state index contributed by atoms with van der Waals surface area (Å²) in [5.74, 6) is 0.810. The van der Waals surface area contributed by atoms with Crippen LogP contribution < -0.4 is 10.1 Å². The molecule has 4 heteroatoms. The van der Waals surface area contributed by atoms with Gasteiger partial charge in [0.2, 0.25) is 0 Å². The molecule has 0 saturated carbocycles. The molecule has 1 N–H and O–H groups in total. The minimum Gasteiger partial charge on any atom is -0.497 e. The normalized spacial score (nSPS) is 26.1. The van der Waals surface area contributed by atoms with E-state index in [0.717, 1.165) is 18.7 Å². The lowest BCUT2D eigenvalue weighted by molar-refractivity contribution is -0.150. The van der Waals surface area contributed by atoms with Crippen LogP contribution in [0.2, 0.25) is 0 Å². The Bertz CT molecular complexity index is 444. The Morgan fingerprint density at radius 2 is 2.05 bits per heavy atom. The van der Waals surface area contributed by atoms with Crippen molar-refractivity contribution in [3.05, 3.63) is 29.8 Å². The van der Waals surface area contributed by atoms with Gasteiger partial charge in [-0.25, -0.2) is 0 Å². The number of hydrogen-bond acceptors (Lipinski definition) is 4. The maximum absolute atomic E-state index is 12.2. The van der Waals surface area contributed by atoms with Gasteiger partial charge in [0.1, 0.15) is 5.75 Å². The van der Waals surface area contributed by atoms with Crippen LogP contribution >= 0.6 is 0 Å². The van der Waals surface area contributed by atoms with Gasteiger partial charge in [0.25, 0.3) is 0 Å². The average molecular weight is 277 g/mol. The van der Waals surface area contributed by atoms with Crippen molar-refractivity contribution in [1.29, 1.82) is 0 Å². The Labute approximate surface area is 120 Å². The third-order valence-electron chi connectivity index (χ3n) is 4.00. The third kappa shape index (κ3) is 3.12. The highest BCUT2D eigenvalue weighted by atomic mass is 16.5. The fraction of sp³-hybridized carbons (Fsp3) is 0.562. The summed E-state index contributed by atoms with van der Waals surface area (Å²) in [7, 11) is 1.66. The summed E-state index contributed by atoms with van der Waals surface area (Å²) in [5, 5.41) is 3.37. The fourth-order valence-corrected chi connectivity index (χ4v) is 2.95. The molecular formula is C16H23NO3. The van der Waals surface area contributed by atoms with Crippen LogP contribution in [0, 0.1) is 5.92 Å². The lowest BCUT2D eigenvalue weighted by Gasteiger charge is -2.36. The van der Waals surface area contributed by atoms with E-state index in [4.69, 9.17) is 9.47 Å². The van der Waals surface area contributed by atoms with Gasteiger partial charge >= 0.3 is 5.97 Å². The molecule has 0 spiro atoms. The second-order valence-corrected chi connectivity index (χ2v) is 5.19. The van der Waals surface area contributed by atoms with E-state index in [1.54, 1.807) is 7.11 Å². The first-order valence-corrected chi connectivity index (χ1v) is 7.21. The zero-order valence-electron chi connectivity index (χ0n) is 12.4. The van der Waals surface area contributed by atoms with E-state index in [0.29, 0.717) is 6.61 Å². The van der Waals surface area contributed by atoms with Gasteiger partial charge in [0.15, 0.2) is 0 Å². The highest BCUT2D eigenvalue weighted by Gasteiger charge is 2.37. The molecule has 4 nitrogen and oxygen atoms in total. The van der Waals surface area contributed by atoms with Gasteiger partial charge in [-0.05, 0) is 50.4 Å². The van der Waals surface area contributed by atoms with Gasteiger partial charge in [0.05, 0.1) is 19.6 Å². The molecule has 1 fully saturated rings. The van der Waals surface area contributed by atoms with E-state index in [1.807, 2.05) is 31.2 Å². The number of esters is 1. The molecule has 0 radical (unpaired) electrons. The van der Waals surface area contributed by atoms with Crippen LogP contribution in [0.4, 0.5) is 0 Å². The molecule has 1 saturated heterocycles. The zero-order valence-corrected chi connectivity index (χ0v) is 12.4. The van der Waals surface area contributed by atoms with Crippen molar-refractivity contribution < 1.29 is 14.3 Å². The quantitative estimate of drug-likeness (QED) is 0.858. The number of benzene rings is 1. The lowest BCUT2D eigenvalue weighted by atomic mass is 9.77. The number of nitrogens with one attached hydrogen (secondary N) is 1. The standard InChI is InChI=1S/C16H23NO3/c1-4-20-16(18)15-11(2)17-10-9-14(15)12-5-7-13(19-3)8-6-12/h5-8,11,14-15,17H,4,9-10H2,1-3H3/t11-,14+,15+/m1/s1. The third-order valence-corrected chi connectivity index (χ3v) is 4.00. The van der Waals surface area contributed by atoms with Crippen molar-refractivity contribution in [2.75, 3.05) is 20.3 Å². The predicted octanol–water partition coefficient (Wildman–Crippen LogP) is 2.34. The molecule has 0 unspecified atom stereocenters. The number of piperidine rings is 1. The van der Waals surface area contributed by atoms with E-state index >= 15 is 0 Å². The zero-order chi connectivity index (χ0) is 14.5. The topological polar surface area (TPSA) is 47.6 Å². The Morgan fingerprint density at radius 1 is 1.35 bits per heavy atom. The monoisotopic (exact) mass is 277 g/mol. The molecule has 1 aliphatic rings. The minimum absolute atomic E-state index is 0.104. The number of rotatable bonds is 4. The Morgan fingerprint density at radius 3 is 2.65 bits per heavy atom. The number of carbonyl (C=O) groups is 1. The van der Waals surface area contributed by atoms with Crippen molar-refractivity contribution in [2.45, 2.75) is 32.2 Å². The largest absolute Gasteiger partial charge is 0.497 e. The molecular weight excluding hydrogens is 254 g/mol. The summed E-state index contributed by atoms with van der Waals surface area (Å²) in [5.41, 5.74) is 1.18. The number of carbonyl (C=O) groups excluding carboxylic acids is 1. The molecule has 3 atom stereocenters. The van der Waals surface area contributed by atoms with Crippen molar-refractivity contribution in [3.63, 3.8) is 0 Å². The maximum atomic E-state index is 12.2.